The van der Waals surface area contributed by atoms with Gasteiger partial charge in [0.1, 0.15) is 0 Å². The Balaban J connectivity index is 0.00000400. The lowest BCUT2D eigenvalue weighted by Crippen LogP contribution is -2.57. The van der Waals surface area contributed by atoms with Crippen molar-refractivity contribution in [2.45, 2.75) is 60.0 Å². The molecule has 0 aromatic rings. The summed E-state index contributed by atoms with van der Waals surface area (Å²) in [7, 11) is 0. The molecule has 0 saturated carbocycles. The average Bonchev–Trinajstić information content (AvgIpc) is 2.35. The van der Waals surface area contributed by atoms with Gasteiger partial charge >= 0.3 is 0 Å². The van der Waals surface area contributed by atoms with Gasteiger partial charge in [-0.25, -0.2) is 0 Å². The zero-order valence-corrected chi connectivity index (χ0v) is 15.6. The number of amides is 1. The molecule has 0 aromatic heterocycles. The molecule has 1 rings (SSSR count). The molecule has 1 fully saturated rings. The topological polar surface area (TPSA) is 23.6 Å². The molecule has 1 heterocycles. The number of rotatable bonds is 5. The second kappa shape index (κ2) is 8.84. The maximum absolute atomic E-state index is 12.3. The summed E-state index contributed by atoms with van der Waals surface area (Å²) in [5.74, 6) is 1.18. The fourth-order valence-corrected chi connectivity index (χ4v) is 2.83. The molecule has 3 nitrogen and oxygen atoms in total. The molecule has 0 N–H and O–H groups in total. The quantitative estimate of drug-likeness (QED) is 0.727. The minimum atomic E-state index is 0. The third kappa shape index (κ3) is 5.67. The van der Waals surface area contributed by atoms with E-state index in [1.165, 1.54) is 5.57 Å². The Kier molecular flexibility index (Phi) is 8.64. The van der Waals surface area contributed by atoms with Crippen molar-refractivity contribution in [1.82, 2.24) is 9.80 Å². The van der Waals surface area contributed by atoms with Crippen LogP contribution in [-0.2, 0) is 4.79 Å². The third-order valence-electron chi connectivity index (χ3n) is 4.19. The van der Waals surface area contributed by atoms with E-state index in [0.29, 0.717) is 36.2 Å². The Hall–Kier alpha value is -0.480. The fourth-order valence-electron chi connectivity index (χ4n) is 2.83. The van der Waals surface area contributed by atoms with Crippen LogP contribution >= 0.6 is 13.5 Å². The monoisotopic (exact) mass is 314 g/mol. The van der Waals surface area contributed by atoms with Crippen LogP contribution in [-0.4, -0.2) is 47.4 Å². The second-order valence-electron chi connectivity index (χ2n) is 7.01. The summed E-state index contributed by atoms with van der Waals surface area (Å²) >= 11 is 0. The molecule has 1 aliphatic heterocycles. The van der Waals surface area contributed by atoms with Gasteiger partial charge in [0.25, 0.3) is 0 Å². The molecule has 0 aliphatic carbocycles. The molecule has 0 spiro atoms. The van der Waals surface area contributed by atoms with Crippen LogP contribution in [0.3, 0.4) is 0 Å². The van der Waals surface area contributed by atoms with Gasteiger partial charge < -0.3 is 4.90 Å². The molecule has 1 atom stereocenters. The van der Waals surface area contributed by atoms with E-state index in [-0.39, 0.29) is 13.5 Å². The van der Waals surface area contributed by atoms with Crippen LogP contribution in [0, 0.1) is 11.8 Å². The molecule has 1 aliphatic rings. The molecule has 0 radical (unpaired) electrons. The van der Waals surface area contributed by atoms with Gasteiger partial charge in [-0.3, -0.25) is 9.69 Å². The van der Waals surface area contributed by atoms with E-state index in [0.717, 1.165) is 19.6 Å². The maximum Gasteiger partial charge on any atom is 0.222 e. The SMILES string of the molecule is C=C(C(C)C)[C@@H]1CN(C(=O)CC(C)C)CCN1C(C)C.S. The van der Waals surface area contributed by atoms with Crippen molar-refractivity contribution in [3.05, 3.63) is 12.2 Å². The van der Waals surface area contributed by atoms with E-state index in [2.05, 4.69) is 53.0 Å². The predicted octanol–water partition coefficient (Wildman–Crippen LogP) is 3.28. The molecule has 124 valence electrons. The van der Waals surface area contributed by atoms with E-state index in [1.54, 1.807) is 0 Å². The smallest absolute Gasteiger partial charge is 0.222 e. The van der Waals surface area contributed by atoms with E-state index >= 15 is 0 Å². The Bertz CT molecular complexity index is 353. The Labute approximate surface area is 138 Å². The van der Waals surface area contributed by atoms with Gasteiger partial charge in [0, 0.05) is 38.1 Å². The van der Waals surface area contributed by atoms with Crippen LogP contribution in [0.4, 0.5) is 0 Å². The zero-order valence-electron chi connectivity index (χ0n) is 14.6. The van der Waals surface area contributed by atoms with E-state index in [9.17, 15) is 4.79 Å². The standard InChI is InChI=1S/C17H32N2O.H2S/c1-12(2)10-17(20)18-8-9-19(14(5)6)16(11-18)15(7)13(3)4;/h12-14,16H,7-11H2,1-6H3;1H2/t16-;/m0./s1. The number of hydrogen-bond donors (Lipinski definition) is 0. The third-order valence-corrected chi connectivity index (χ3v) is 4.19. The molecule has 4 heteroatoms. The molecule has 1 amide bonds. The lowest BCUT2D eigenvalue weighted by molar-refractivity contribution is -0.135. The largest absolute Gasteiger partial charge is 0.340 e. The average molecular weight is 315 g/mol. The molecule has 0 unspecified atom stereocenters. The van der Waals surface area contributed by atoms with Crippen molar-refractivity contribution in [1.29, 1.82) is 0 Å². The molecular formula is C17H34N2OS. The summed E-state index contributed by atoms with van der Waals surface area (Å²) in [6.45, 7) is 19.9. The van der Waals surface area contributed by atoms with Gasteiger partial charge in [0.15, 0.2) is 0 Å². The van der Waals surface area contributed by atoms with E-state index < -0.39 is 0 Å². The maximum atomic E-state index is 12.3. The van der Waals surface area contributed by atoms with Crippen molar-refractivity contribution in [3.8, 4) is 0 Å². The Morgan fingerprint density at radius 3 is 2.14 bits per heavy atom. The van der Waals surface area contributed by atoms with Crippen LogP contribution in [0.1, 0.15) is 48.0 Å². The van der Waals surface area contributed by atoms with Gasteiger partial charge in [-0.2, -0.15) is 13.5 Å². The molecule has 21 heavy (non-hydrogen) atoms. The van der Waals surface area contributed by atoms with Gasteiger partial charge in [0.05, 0.1) is 0 Å². The zero-order chi connectivity index (χ0) is 15.4. The molecular weight excluding hydrogens is 280 g/mol. The highest BCUT2D eigenvalue weighted by atomic mass is 32.1. The van der Waals surface area contributed by atoms with E-state index in [4.69, 9.17) is 0 Å². The first-order valence-electron chi connectivity index (χ1n) is 7.96. The highest BCUT2D eigenvalue weighted by Crippen LogP contribution is 2.24. The Morgan fingerprint density at radius 1 is 1.14 bits per heavy atom. The highest BCUT2D eigenvalue weighted by Gasteiger charge is 2.33. The van der Waals surface area contributed by atoms with Gasteiger partial charge in [0.2, 0.25) is 5.91 Å². The van der Waals surface area contributed by atoms with Crippen LogP contribution in [0.5, 0.6) is 0 Å². The van der Waals surface area contributed by atoms with Crippen molar-refractivity contribution in [2.24, 2.45) is 11.8 Å². The molecule has 0 aromatic carbocycles. The van der Waals surface area contributed by atoms with Crippen molar-refractivity contribution in [2.75, 3.05) is 19.6 Å². The van der Waals surface area contributed by atoms with Crippen molar-refractivity contribution in [3.63, 3.8) is 0 Å². The van der Waals surface area contributed by atoms with Crippen molar-refractivity contribution >= 4 is 19.4 Å². The number of carbonyl (C=O) groups is 1. The van der Waals surface area contributed by atoms with Crippen LogP contribution in [0.2, 0.25) is 0 Å². The van der Waals surface area contributed by atoms with Crippen LogP contribution < -0.4 is 0 Å². The van der Waals surface area contributed by atoms with Gasteiger partial charge in [-0.1, -0.05) is 39.8 Å². The first kappa shape index (κ1) is 20.5. The second-order valence-corrected chi connectivity index (χ2v) is 7.01. The fraction of sp³-hybridized carbons (Fsp3) is 0.824. The summed E-state index contributed by atoms with van der Waals surface area (Å²) < 4.78 is 0. The number of piperazine rings is 1. The van der Waals surface area contributed by atoms with Crippen LogP contribution in [0.25, 0.3) is 0 Å². The highest BCUT2D eigenvalue weighted by molar-refractivity contribution is 7.59. The summed E-state index contributed by atoms with van der Waals surface area (Å²) in [5.41, 5.74) is 1.25. The number of hydrogen-bond acceptors (Lipinski definition) is 2. The first-order valence-corrected chi connectivity index (χ1v) is 7.96. The normalized spacial score (nSPS) is 20.0. The Morgan fingerprint density at radius 2 is 1.71 bits per heavy atom. The minimum absolute atomic E-state index is 0. The predicted molar refractivity (Wildman–Crippen MR) is 96.0 cm³/mol. The van der Waals surface area contributed by atoms with Crippen LogP contribution in [0.15, 0.2) is 12.2 Å². The van der Waals surface area contributed by atoms with Gasteiger partial charge in [-0.15, -0.1) is 0 Å². The number of nitrogens with zero attached hydrogens (tertiary/aromatic N) is 2. The van der Waals surface area contributed by atoms with Gasteiger partial charge in [-0.05, 0) is 25.7 Å². The first-order chi connectivity index (χ1) is 9.23. The minimum Gasteiger partial charge on any atom is -0.340 e. The lowest BCUT2D eigenvalue weighted by atomic mass is 9.93. The summed E-state index contributed by atoms with van der Waals surface area (Å²) in [6.07, 6.45) is 0.655. The molecule has 1 saturated heterocycles. The van der Waals surface area contributed by atoms with E-state index in [1.807, 2.05) is 4.90 Å². The lowest BCUT2D eigenvalue weighted by Gasteiger charge is -2.45. The number of carbonyl (C=O) groups excluding carboxylic acids is 1. The summed E-state index contributed by atoms with van der Waals surface area (Å²) in [5, 5.41) is 0. The summed E-state index contributed by atoms with van der Waals surface area (Å²) in [6, 6.07) is 0.803. The summed E-state index contributed by atoms with van der Waals surface area (Å²) in [4.78, 5) is 16.8. The molecule has 0 bridgehead atoms. The van der Waals surface area contributed by atoms with Crippen molar-refractivity contribution < 1.29 is 4.79 Å².